The van der Waals surface area contributed by atoms with Crippen molar-refractivity contribution in [2.45, 2.75) is 20.0 Å². The minimum atomic E-state index is -0.638. The molecule has 118 valence electrons. The summed E-state index contributed by atoms with van der Waals surface area (Å²) in [5, 5.41) is 19.6. The van der Waals surface area contributed by atoms with E-state index in [1.807, 2.05) is 20.0 Å². The second-order valence-corrected chi connectivity index (χ2v) is 4.78. The minimum absolute atomic E-state index is 0.317. The first-order valence-corrected chi connectivity index (χ1v) is 7.06. The second-order valence-electron chi connectivity index (χ2n) is 4.78. The topological polar surface area (TPSA) is 74.5 Å². The highest BCUT2D eigenvalue weighted by molar-refractivity contribution is 5.79. The third-order valence-electron chi connectivity index (χ3n) is 3.14. The maximum absolute atomic E-state index is 13.3. The van der Waals surface area contributed by atoms with Gasteiger partial charge in [0, 0.05) is 19.8 Å². The molecule has 3 N–H and O–H groups in total. The van der Waals surface area contributed by atoms with Crippen molar-refractivity contribution < 1.29 is 9.50 Å². The van der Waals surface area contributed by atoms with Crippen molar-refractivity contribution in [2.75, 3.05) is 6.54 Å². The first-order valence-electron chi connectivity index (χ1n) is 7.06. The first kappa shape index (κ1) is 15.8. The van der Waals surface area contributed by atoms with Crippen LogP contribution >= 0.6 is 0 Å². The van der Waals surface area contributed by atoms with Gasteiger partial charge in [-0.3, -0.25) is 4.68 Å². The summed E-state index contributed by atoms with van der Waals surface area (Å²) in [7, 11) is 1.88. The number of nitrogens with zero attached hydrogens (tertiary/aromatic N) is 3. The normalized spacial score (nSPS) is 11.5. The Morgan fingerprint density at radius 3 is 2.82 bits per heavy atom. The average molecular weight is 305 g/mol. The number of phenolic OH excluding ortho intramolecular Hbond substituents is 1. The van der Waals surface area contributed by atoms with Crippen molar-refractivity contribution in [3.05, 3.63) is 47.5 Å². The standard InChI is InChI=1S/C15H20FN5O/c1-3-17-15(19-10-12-6-7-20-21(12)2)18-9-11-4-5-14(22)13(16)8-11/h4-8,22H,3,9-10H2,1-2H3,(H2,17,18,19). The number of hydrogen-bond donors (Lipinski definition) is 3. The van der Waals surface area contributed by atoms with Gasteiger partial charge in [0.05, 0.1) is 18.8 Å². The summed E-state index contributed by atoms with van der Waals surface area (Å²) in [6, 6.07) is 6.18. The Balaban J connectivity index is 2.00. The molecule has 0 amide bonds. The summed E-state index contributed by atoms with van der Waals surface area (Å²) in [6.07, 6.45) is 1.74. The lowest BCUT2D eigenvalue weighted by molar-refractivity contribution is 0.432. The molecule has 1 aromatic carbocycles. The number of aromatic nitrogens is 2. The number of aliphatic imine (C=N–C) groups is 1. The summed E-state index contributed by atoms with van der Waals surface area (Å²) >= 11 is 0. The number of nitrogens with one attached hydrogen (secondary N) is 2. The predicted molar refractivity (Wildman–Crippen MR) is 82.9 cm³/mol. The molecule has 1 heterocycles. The van der Waals surface area contributed by atoms with Crippen LogP contribution in [0, 0.1) is 5.82 Å². The fourth-order valence-electron chi connectivity index (χ4n) is 1.91. The number of aromatic hydroxyl groups is 1. The fraction of sp³-hybridized carbons (Fsp3) is 0.333. The molecule has 2 rings (SSSR count). The molecule has 0 aliphatic carbocycles. The summed E-state index contributed by atoms with van der Waals surface area (Å²) in [4.78, 5) is 4.40. The van der Waals surface area contributed by atoms with Crippen LogP contribution in [0.4, 0.5) is 4.39 Å². The predicted octanol–water partition coefficient (Wildman–Crippen LogP) is 1.52. The maximum atomic E-state index is 13.3. The molecular formula is C15H20FN5O. The van der Waals surface area contributed by atoms with Gasteiger partial charge in [-0.1, -0.05) is 6.07 Å². The van der Waals surface area contributed by atoms with Gasteiger partial charge in [-0.25, -0.2) is 9.38 Å². The van der Waals surface area contributed by atoms with Gasteiger partial charge >= 0.3 is 0 Å². The maximum Gasteiger partial charge on any atom is 0.191 e. The number of aryl methyl sites for hydroxylation is 1. The average Bonchev–Trinajstić information content (AvgIpc) is 2.91. The third kappa shape index (κ3) is 4.21. The molecule has 2 aromatic rings. The Hall–Kier alpha value is -2.57. The highest BCUT2D eigenvalue weighted by atomic mass is 19.1. The lowest BCUT2D eigenvalue weighted by atomic mass is 10.2. The van der Waals surface area contributed by atoms with Crippen molar-refractivity contribution in [1.29, 1.82) is 0 Å². The summed E-state index contributed by atoms with van der Waals surface area (Å²) in [5.74, 6) is -0.355. The van der Waals surface area contributed by atoms with Crippen LogP contribution in [0.3, 0.4) is 0 Å². The summed E-state index contributed by atoms with van der Waals surface area (Å²) < 4.78 is 15.1. The molecule has 0 aliphatic heterocycles. The van der Waals surface area contributed by atoms with E-state index in [-0.39, 0.29) is 5.75 Å². The zero-order valence-corrected chi connectivity index (χ0v) is 12.7. The first-order chi connectivity index (χ1) is 10.6. The molecule has 0 atom stereocenters. The van der Waals surface area contributed by atoms with Crippen molar-refractivity contribution in [1.82, 2.24) is 20.4 Å². The Morgan fingerprint density at radius 1 is 1.36 bits per heavy atom. The van der Waals surface area contributed by atoms with Gasteiger partial charge in [0.2, 0.25) is 0 Å². The van der Waals surface area contributed by atoms with Crippen LogP contribution in [0.2, 0.25) is 0 Å². The summed E-state index contributed by atoms with van der Waals surface area (Å²) in [5.41, 5.74) is 1.72. The van der Waals surface area contributed by atoms with Crippen LogP contribution in [-0.2, 0) is 20.1 Å². The van der Waals surface area contributed by atoms with Gasteiger partial charge in [-0.05, 0) is 30.7 Å². The largest absolute Gasteiger partial charge is 0.505 e. The molecule has 0 fully saturated rings. The number of rotatable bonds is 5. The van der Waals surface area contributed by atoms with E-state index < -0.39 is 5.82 Å². The molecule has 0 radical (unpaired) electrons. The van der Waals surface area contributed by atoms with Crippen molar-refractivity contribution >= 4 is 5.96 Å². The van der Waals surface area contributed by atoms with Crippen LogP contribution in [0.1, 0.15) is 18.2 Å². The molecule has 6 nitrogen and oxygen atoms in total. The highest BCUT2D eigenvalue weighted by Crippen LogP contribution is 2.16. The van der Waals surface area contributed by atoms with Gasteiger partial charge in [-0.2, -0.15) is 5.10 Å². The number of hydrogen-bond acceptors (Lipinski definition) is 3. The van der Waals surface area contributed by atoms with E-state index in [0.29, 0.717) is 24.6 Å². The Bertz CT molecular complexity index is 653. The van der Waals surface area contributed by atoms with Crippen LogP contribution < -0.4 is 10.6 Å². The zero-order valence-electron chi connectivity index (χ0n) is 12.7. The second kappa shape index (κ2) is 7.44. The van der Waals surface area contributed by atoms with Gasteiger partial charge in [0.15, 0.2) is 17.5 Å². The number of benzene rings is 1. The van der Waals surface area contributed by atoms with E-state index in [4.69, 9.17) is 0 Å². The molecule has 0 saturated heterocycles. The molecule has 22 heavy (non-hydrogen) atoms. The minimum Gasteiger partial charge on any atom is -0.505 e. The van der Waals surface area contributed by atoms with Gasteiger partial charge in [0.25, 0.3) is 0 Å². The van der Waals surface area contributed by atoms with E-state index in [1.165, 1.54) is 12.1 Å². The van der Waals surface area contributed by atoms with Crippen molar-refractivity contribution in [3.63, 3.8) is 0 Å². The fourth-order valence-corrected chi connectivity index (χ4v) is 1.91. The molecular weight excluding hydrogens is 285 g/mol. The van der Waals surface area contributed by atoms with E-state index in [0.717, 1.165) is 12.2 Å². The smallest absolute Gasteiger partial charge is 0.191 e. The monoisotopic (exact) mass is 305 g/mol. The van der Waals surface area contributed by atoms with Crippen LogP contribution in [-0.4, -0.2) is 27.4 Å². The Kier molecular flexibility index (Phi) is 5.35. The molecule has 0 aliphatic rings. The van der Waals surface area contributed by atoms with Gasteiger partial charge in [0.1, 0.15) is 0 Å². The van der Waals surface area contributed by atoms with Gasteiger partial charge < -0.3 is 15.7 Å². The van der Waals surface area contributed by atoms with Gasteiger partial charge in [-0.15, -0.1) is 0 Å². The molecule has 7 heteroatoms. The van der Waals surface area contributed by atoms with E-state index in [2.05, 4.69) is 20.7 Å². The number of guanidine groups is 1. The number of halogens is 1. The van der Waals surface area contributed by atoms with E-state index in [9.17, 15) is 9.50 Å². The number of phenols is 1. The summed E-state index contributed by atoms with van der Waals surface area (Å²) in [6.45, 7) is 3.60. The molecule has 0 bridgehead atoms. The SMILES string of the molecule is CCNC(=NCc1ccc(O)c(F)c1)NCc1ccnn1C. The highest BCUT2D eigenvalue weighted by Gasteiger charge is 2.03. The molecule has 0 saturated carbocycles. The van der Waals surface area contributed by atoms with Crippen LogP contribution in [0.15, 0.2) is 35.5 Å². The van der Waals surface area contributed by atoms with E-state index in [1.54, 1.807) is 16.9 Å². The third-order valence-corrected chi connectivity index (χ3v) is 3.14. The zero-order chi connectivity index (χ0) is 15.9. The molecule has 0 unspecified atom stereocenters. The van der Waals surface area contributed by atoms with Crippen LogP contribution in [0.25, 0.3) is 0 Å². The van der Waals surface area contributed by atoms with Crippen molar-refractivity contribution in [3.8, 4) is 5.75 Å². The molecule has 1 aromatic heterocycles. The quantitative estimate of drug-likeness (QED) is 0.578. The van der Waals surface area contributed by atoms with Crippen molar-refractivity contribution in [2.24, 2.45) is 12.0 Å². The lowest BCUT2D eigenvalue weighted by Gasteiger charge is -2.11. The Labute approximate surface area is 128 Å². The lowest BCUT2D eigenvalue weighted by Crippen LogP contribution is -2.37. The van der Waals surface area contributed by atoms with E-state index >= 15 is 0 Å². The van der Waals surface area contributed by atoms with Crippen LogP contribution in [0.5, 0.6) is 5.75 Å². The Morgan fingerprint density at radius 2 is 2.18 bits per heavy atom. The molecule has 0 spiro atoms.